The van der Waals surface area contributed by atoms with Gasteiger partial charge >= 0.3 is 0 Å². The maximum Gasteiger partial charge on any atom is 0.246 e. The molecule has 0 spiro atoms. The van der Waals surface area contributed by atoms with Crippen LogP contribution in [0.25, 0.3) is 6.08 Å². The van der Waals surface area contributed by atoms with Crippen molar-refractivity contribution in [3.05, 3.63) is 35.9 Å². The minimum atomic E-state index is 0.109. The summed E-state index contributed by atoms with van der Waals surface area (Å²) < 4.78 is 5.56. The van der Waals surface area contributed by atoms with Crippen molar-refractivity contribution >= 4 is 12.0 Å². The number of nitrogens with zero attached hydrogens (tertiary/aromatic N) is 1. The van der Waals surface area contributed by atoms with E-state index in [4.69, 9.17) is 4.74 Å². The number of benzene rings is 1. The van der Waals surface area contributed by atoms with Crippen LogP contribution in [-0.4, -0.2) is 30.5 Å². The van der Waals surface area contributed by atoms with E-state index in [0.717, 1.165) is 37.2 Å². The fourth-order valence-corrected chi connectivity index (χ4v) is 2.46. The van der Waals surface area contributed by atoms with Crippen LogP contribution in [0.5, 0.6) is 5.75 Å². The maximum absolute atomic E-state index is 12.2. The minimum absolute atomic E-state index is 0.109. The first-order chi connectivity index (χ1) is 9.81. The Morgan fingerprint density at radius 3 is 2.60 bits per heavy atom. The molecule has 0 aromatic heterocycles. The molecule has 0 atom stereocenters. The van der Waals surface area contributed by atoms with Gasteiger partial charge in [0.1, 0.15) is 5.75 Å². The SMILES string of the molecule is CCOc1ccccc1C=CC(=O)N1CCCCCC1. The third-order valence-electron chi connectivity index (χ3n) is 3.54. The molecule has 1 fully saturated rings. The number of ether oxygens (including phenoxy) is 1. The Hall–Kier alpha value is -1.77. The molecule has 1 aromatic carbocycles. The van der Waals surface area contributed by atoms with Gasteiger partial charge in [-0.15, -0.1) is 0 Å². The Morgan fingerprint density at radius 1 is 1.20 bits per heavy atom. The lowest BCUT2D eigenvalue weighted by Gasteiger charge is -2.18. The zero-order chi connectivity index (χ0) is 14.2. The number of carbonyl (C=O) groups is 1. The molecule has 3 heteroatoms. The molecule has 1 saturated heterocycles. The van der Waals surface area contributed by atoms with Crippen molar-refractivity contribution in [3.63, 3.8) is 0 Å². The quantitative estimate of drug-likeness (QED) is 0.786. The Kier molecular flexibility index (Phi) is 5.66. The highest BCUT2D eigenvalue weighted by atomic mass is 16.5. The van der Waals surface area contributed by atoms with E-state index in [1.165, 1.54) is 12.8 Å². The van der Waals surface area contributed by atoms with Crippen molar-refractivity contribution in [1.29, 1.82) is 0 Å². The average molecular weight is 273 g/mol. The largest absolute Gasteiger partial charge is 0.493 e. The summed E-state index contributed by atoms with van der Waals surface area (Å²) >= 11 is 0. The van der Waals surface area contributed by atoms with E-state index in [2.05, 4.69) is 0 Å². The van der Waals surface area contributed by atoms with Gasteiger partial charge in [-0.25, -0.2) is 0 Å². The molecule has 1 heterocycles. The molecule has 0 saturated carbocycles. The Balaban J connectivity index is 2.02. The highest BCUT2D eigenvalue weighted by molar-refractivity contribution is 5.92. The molecular weight excluding hydrogens is 250 g/mol. The number of hydrogen-bond donors (Lipinski definition) is 0. The smallest absolute Gasteiger partial charge is 0.246 e. The summed E-state index contributed by atoms with van der Waals surface area (Å²) in [6.45, 7) is 4.36. The van der Waals surface area contributed by atoms with Gasteiger partial charge in [-0.05, 0) is 31.9 Å². The second-order valence-corrected chi connectivity index (χ2v) is 5.04. The molecule has 1 amide bonds. The summed E-state index contributed by atoms with van der Waals surface area (Å²) in [6.07, 6.45) is 8.24. The summed E-state index contributed by atoms with van der Waals surface area (Å²) in [4.78, 5) is 14.1. The number of rotatable bonds is 4. The van der Waals surface area contributed by atoms with E-state index in [-0.39, 0.29) is 5.91 Å². The van der Waals surface area contributed by atoms with Gasteiger partial charge < -0.3 is 9.64 Å². The fraction of sp³-hybridized carbons (Fsp3) is 0.471. The van der Waals surface area contributed by atoms with Crippen molar-refractivity contribution in [2.75, 3.05) is 19.7 Å². The zero-order valence-electron chi connectivity index (χ0n) is 12.2. The summed E-state index contributed by atoms with van der Waals surface area (Å²) in [5.41, 5.74) is 0.956. The van der Waals surface area contributed by atoms with Gasteiger partial charge in [0.2, 0.25) is 5.91 Å². The molecule has 1 aliphatic rings. The second kappa shape index (κ2) is 7.73. The molecule has 0 N–H and O–H groups in total. The molecule has 0 unspecified atom stereocenters. The van der Waals surface area contributed by atoms with Crippen LogP contribution in [0, 0.1) is 0 Å². The van der Waals surface area contributed by atoms with Crippen LogP contribution in [0.2, 0.25) is 0 Å². The van der Waals surface area contributed by atoms with Crippen LogP contribution in [0.1, 0.15) is 38.2 Å². The highest BCUT2D eigenvalue weighted by Gasteiger charge is 2.12. The standard InChI is InChI=1S/C17H23NO2/c1-2-20-16-10-6-5-9-15(16)11-12-17(19)18-13-7-3-4-8-14-18/h5-6,9-12H,2-4,7-8,13-14H2,1H3. The number of hydrogen-bond acceptors (Lipinski definition) is 2. The molecule has 108 valence electrons. The van der Waals surface area contributed by atoms with Crippen molar-refractivity contribution < 1.29 is 9.53 Å². The lowest BCUT2D eigenvalue weighted by Crippen LogP contribution is -2.30. The van der Waals surface area contributed by atoms with E-state index >= 15 is 0 Å². The first-order valence-electron chi connectivity index (χ1n) is 7.50. The number of carbonyl (C=O) groups excluding carboxylic acids is 1. The van der Waals surface area contributed by atoms with Crippen molar-refractivity contribution in [2.24, 2.45) is 0 Å². The Bertz CT molecular complexity index is 460. The topological polar surface area (TPSA) is 29.5 Å². The summed E-state index contributed by atoms with van der Waals surface area (Å²) in [7, 11) is 0. The number of para-hydroxylation sites is 1. The second-order valence-electron chi connectivity index (χ2n) is 5.04. The van der Waals surface area contributed by atoms with E-state index < -0.39 is 0 Å². The minimum Gasteiger partial charge on any atom is -0.493 e. The Morgan fingerprint density at radius 2 is 1.90 bits per heavy atom. The summed E-state index contributed by atoms with van der Waals surface area (Å²) in [5.74, 6) is 0.938. The lowest BCUT2D eigenvalue weighted by atomic mass is 10.2. The van der Waals surface area contributed by atoms with Crippen LogP contribution in [0.4, 0.5) is 0 Å². The first-order valence-corrected chi connectivity index (χ1v) is 7.50. The normalized spacial score (nSPS) is 16.1. The molecule has 20 heavy (non-hydrogen) atoms. The molecule has 0 aliphatic carbocycles. The third-order valence-corrected chi connectivity index (χ3v) is 3.54. The van der Waals surface area contributed by atoms with E-state index in [9.17, 15) is 4.79 Å². The van der Waals surface area contributed by atoms with Crippen LogP contribution in [0.15, 0.2) is 30.3 Å². The molecular formula is C17H23NO2. The first kappa shape index (κ1) is 14.6. The fourth-order valence-electron chi connectivity index (χ4n) is 2.46. The van der Waals surface area contributed by atoms with Gasteiger partial charge in [-0.2, -0.15) is 0 Å². The van der Waals surface area contributed by atoms with Gasteiger partial charge in [-0.3, -0.25) is 4.79 Å². The predicted octanol–water partition coefficient (Wildman–Crippen LogP) is 3.50. The maximum atomic E-state index is 12.2. The van der Waals surface area contributed by atoms with E-state index in [1.807, 2.05) is 42.2 Å². The molecule has 0 radical (unpaired) electrons. The zero-order valence-corrected chi connectivity index (χ0v) is 12.2. The van der Waals surface area contributed by atoms with Gasteiger partial charge in [0.25, 0.3) is 0 Å². The van der Waals surface area contributed by atoms with Crippen molar-refractivity contribution in [2.45, 2.75) is 32.6 Å². The molecule has 2 rings (SSSR count). The van der Waals surface area contributed by atoms with Crippen LogP contribution in [-0.2, 0) is 4.79 Å². The monoisotopic (exact) mass is 273 g/mol. The molecule has 1 aliphatic heterocycles. The van der Waals surface area contributed by atoms with Crippen LogP contribution < -0.4 is 4.74 Å². The highest BCUT2D eigenvalue weighted by Crippen LogP contribution is 2.19. The molecule has 0 bridgehead atoms. The third kappa shape index (κ3) is 4.12. The molecule has 3 nitrogen and oxygen atoms in total. The van der Waals surface area contributed by atoms with Gasteiger partial charge in [0, 0.05) is 24.7 Å². The predicted molar refractivity (Wildman–Crippen MR) is 81.7 cm³/mol. The van der Waals surface area contributed by atoms with Crippen molar-refractivity contribution in [1.82, 2.24) is 4.90 Å². The Labute approximate surface area is 121 Å². The van der Waals surface area contributed by atoms with Crippen LogP contribution >= 0.6 is 0 Å². The van der Waals surface area contributed by atoms with Gasteiger partial charge in [-0.1, -0.05) is 31.0 Å². The van der Waals surface area contributed by atoms with E-state index in [0.29, 0.717) is 6.61 Å². The summed E-state index contributed by atoms with van der Waals surface area (Å²) in [5, 5.41) is 0. The van der Waals surface area contributed by atoms with Crippen LogP contribution in [0.3, 0.4) is 0 Å². The van der Waals surface area contributed by atoms with Crippen molar-refractivity contribution in [3.8, 4) is 5.75 Å². The van der Waals surface area contributed by atoms with Gasteiger partial charge in [0.05, 0.1) is 6.61 Å². The van der Waals surface area contributed by atoms with Gasteiger partial charge in [0.15, 0.2) is 0 Å². The molecule has 1 aromatic rings. The number of likely N-dealkylation sites (tertiary alicyclic amines) is 1. The van der Waals surface area contributed by atoms with E-state index in [1.54, 1.807) is 6.08 Å². The summed E-state index contributed by atoms with van der Waals surface area (Å²) in [6, 6.07) is 7.80. The number of amides is 1. The average Bonchev–Trinajstić information content (AvgIpc) is 2.75. The lowest BCUT2D eigenvalue weighted by molar-refractivity contribution is -0.125.